The molecule has 0 aliphatic rings. The number of benzene rings is 2. The Labute approximate surface area is 163 Å². The van der Waals surface area contributed by atoms with Gasteiger partial charge in [-0.3, -0.25) is 4.79 Å². The third-order valence-corrected chi connectivity index (χ3v) is 6.28. The second-order valence-corrected chi connectivity index (χ2v) is 8.64. The van der Waals surface area contributed by atoms with E-state index in [-0.39, 0.29) is 11.3 Å². The van der Waals surface area contributed by atoms with Gasteiger partial charge in [0.2, 0.25) is 5.91 Å². The zero-order chi connectivity index (χ0) is 19.9. The molecule has 0 aromatic heterocycles. The quantitative estimate of drug-likeness (QED) is 0.590. The Kier molecular flexibility index (Phi) is 7.60. The summed E-state index contributed by atoms with van der Waals surface area (Å²) in [5, 5.41) is 0. The van der Waals surface area contributed by atoms with Crippen LogP contribution in [0.3, 0.4) is 0 Å². The smallest absolute Gasteiger partial charge is 0.270 e. The van der Waals surface area contributed by atoms with Crippen molar-refractivity contribution in [3.63, 3.8) is 0 Å². The van der Waals surface area contributed by atoms with Crippen molar-refractivity contribution in [1.29, 1.82) is 0 Å². The van der Waals surface area contributed by atoms with Gasteiger partial charge in [0, 0.05) is 6.42 Å². The van der Waals surface area contributed by atoms with Crippen LogP contribution in [0.5, 0.6) is 0 Å². The van der Waals surface area contributed by atoms with Gasteiger partial charge in [-0.2, -0.15) is 0 Å². The molecule has 0 atom stereocenters. The Bertz CT molecular complexity index is 840. The molecular weight excluding hydrogens is 358 g/mol. The SMILES string of the molecule is CCCCC(=O)N(c1ccc(CCCC)cc1)S(=O)(=O)c1ccc(C)cc1. The van der Waals surface area contributed by atoms with E-state index in [9.17, 15) is 13.2 Å². The van der Waals surface area contributed by atoms with E-state index in [1.54, 1.807) is 36.4 Å². The van der Waals surface area contributed by atoms with Crippen molar-refractivity contribution < 1.29 is 13.2 Å². The molecule has 2 aromatic rings. The van der Waals surface area contributed by atoms with E-state index in [2.05, 4.69) is 6.92 Å². The molecule has 1 amide bonds. The molecule has 2 aromatic carbocycles. The van der Waals surface area contributed by atoms with Crippen LogP contribution < -0.4 is 4.31 Å². The maximum Gasteiger partial charge on any atom is 0.270 e. The van der Waals surface area contributed by atoms with Crippen molar-refractivity contribution in [3.05, 3.63) is 59.7 Å². The van der Waals surface area contributed by atoms with Gasteiger partial charge in [0.25, 0.3) is 10.0 Å². The minimum absolute atomic E-state index is 0.132. The first kappa shape index (κ1) is 21.2. The van der Waals surface area contributed by atoms with Gasteiger partial charge in [0.15, 0.2) is 0 Å². The molecule has 0 spiro atoms. The van der Waals surface area contributed by atoms with Crippen LogP contribution in [-0.2, 0) is 21.2 Å². The molecule has 27 heavy (non-hydrogen) atoms. The highest BCUT2D eigenvalue weighted by molar-refractivity contribution is 7.93. The fourth-order valence-electron chi connectivity index (χ4n) is 2.84. The number of carbonyl (C=O) groups is 1. The molecule has 0 aliphatic carbocycles. The summed E-state index contributed by atoms with van der Waals surface area (Å²) >= 11 is 0. The molecule has 0 fully saturated rings. The van der Waals surface area contributed by atoms with Gasteiger partial charge in [-0.05, 0) is 56.0 Å². The molecule has 0 unspecified atom stereocenters. The number of rotatable bonds is 9. The van der Waals surface area contributed by atoms with Crippen LogP contribution in [0.25, 0.3) is 0 Å². The Hall–Kier alpha value is -2.14. The third-order valence-electron chi connectivity index (χ3n) is 4.52. The number of hydrogen-bond acceptors (Lipinski definition) is 3. The Balaban J connectivity index is 2.41. The molecule has 0 saturated heterocycles. The lowest BCUT2D eigenvalue weighted by Gasteiger charge is -2.23. The van der Waals surface area contributed by atoms with Crippen LogP contribution in [-0.4, -0.2) is 14.3 Å². The average molecular weight is 388 g/mol. The minimum Gasteiger partial charge on any atom is -0.273 e. The highest BCUT2D eigenvalue weighted by Gasteiger charge is 2.30. The Morgan fingerprint density at radius 2 is 1.48 bits per heavy atom. The molecule has 0 radical (unpaired) electrons. The number of nitrogens with zero attached hydrogens (tertiary/aromatic N) is 1. The summed E-state index contributed by atoms with van der Waals surface area (Å²) in [6.45, 7) is 6.01. The van der Waals surface area contributed by atoms with Crippen molar-refractivity contribution in [2.24, 2.45) is 0 Å². The number of amides is 1. The second-order valence-electron chi connectivity index (χ2n) is 6.85. The predicted molar refractivity (Wildman–Crippen MR) is 110 cm³/mol. The van der Waals surface area contributed by atoms with E-state index in [0.29, 0.717) is 12.1 Å². The van der Waals surface area contributed by atoms with Crippen LogP contribution in [0.4, 0.5) is 5.69 Å². The summed E-state index contributed by atoms with van der Waals surface area (Å²) < 4.78 is 27.4. The molecule has 0 bridgehead atoms. The van der Waals surface area contributed by atoms with Crippen molar-refractivity contribution in [3.8, 4) is 0 Å². The van der Waals surface area contributed by atoms with Crippen molar-refractivity contribution in [2.45, 2.75) is 64.2 Å². The lowest BCUT2D eigenvalue weighted by Crippen LogP contribution is -2.36. The van der Waals surface area contributed by atoms with Crippen LogP contribution in [0.1, 0.15) is 57.1 Å². The lowest BCUT2D eigenvalue weighted by molar-refractivity contribution is -0.117. The van der Waals surface area contributed by atoms with E-state index in [1.165, 1.54) is 0 Å². The normalized spacial score (nSPS) is 11.4. The summed E-state index contributed by atoms with van der Waals surface area (Å²) in [4.78, 5) is 12.9. The standard InChI is InChI=1S/C22H29NO3S/c1-4-6-8-19-12-14-20(15-13-19)23(22(24)9-7-5-2)27(25,26)21-16-10-18(3)11-17-21/h10-17H,4-9H2,1-3H3. The largest absolute Gasteiger partial charge is 0.273 e. The highest BCUT2D eigenvalue weighted by Crippen LogP contribution is 2.26. The van der Waals surface area contributed by atoms with E-state index in [0.717, 1.165) is 41.1 Å². The number of anilines is 1. The summed E-state index contributed by atoms with van der Waals surface area (Å²) in [6, 6.07) is 13.9. The Morgan fingerprint density at radius 1 is 0.889 bits per heavy atom. The maximum atomic E-state index is 13.2. The van der Waals surface area contributed by atoms with Gasteiger partial charge in [0.1, 0.15) is 0 Å². The number of hydrogen-bond donors (Lipinski definition) is 0. The molecule has 146 valence electrons. The average Bonchev–Trinajstić information content (AvgIpc) is 2.66. The van der Waals surface area contributed by atoms with Crippen LogP contribution in [0.2, 0.25) is 0 Å². The predicted octanol–water partition coefficient (Wildman–Crippen LogP) is 5.25. The maximum absolute atomic E-state index is 13.2. The number of aryl methyl sites for hydroxylation is 2. The molecule has 0 heterocycles. The summed E-state index contributed by atoms with van der Waals surface area (Å²) in [7, 11) is -3.95. The number of sulfonamides is 1. The molecule has 4 nitrogen and oxygen atoms in total. The first-order chi connectivity index (χ1) is 12.9. The fourth-order valence-corrected chi connectivity index (χ4v) is 4.29. The van der Waals surface area contributed by atoms with Crippen molar-refractivity contribution in [2.75, 3.05) is 4.31 Å². The lowest BCUT2D eigenvalue weighted by atomic mass is 10.1. The van der Waals surface area contributed by atoms with Crippen LogP contribution in [0, 0.1) is 6.92 Å². The fraction of sp³-hybridized carbons (Fsp3) is 0.409. The summed E-state index contributed by atoms with van der Waals surface area (Å²) in [5.41, 5.74) is 2.52. The van der Waals surface area contributed by atoms with Crippen LogP contribution in [0.15, 0.2) is 53.4 Å². The second kappa shape index (κ2) is 9.70. The zero-order valence-corrected chi connectivity index (χ0v) is 17.3. The van der Waals surface area contributed by atoms with Crippen molar-refractivity contribution >= 4 is 21.6 Å². The molecule has 0 N–H and O–H groups in total. The van der Waals surface area contributed by atoms with E-state index >= 15 is 0 Å². The van der Waals surface area contributed by atoms with E-state index < -0.39 is 15.9 Å². The molecule has 0 aliphatic heterocycles. The molecular formula is C22H29NO3S. The van der Waals surface area contributed by atoms with Crippen molar-refractivity contribution in [1.82, 2.24) is 0 Å². The molecule has 0 saturated carbocycles. The van der Waals surface area contributed by atoms with Crippen LogP contribution >= 0.6 is 0 Å². The minimum atomic E-state index is -3.95. The molecule has 5 heteroatoms. The highest BCUT2D eigenvalue weighted by atomic mass is 32.2. The van der Waals surface area contributed by atoms with Gasteiger partial charge in [-0.15, -0.1) is 0 Å². The van der Waals surface area contributed by atoms with Gasteiger partial charge in [-0.1, -0.05) is 56.5 Å². The number of carbonyl (C=O) groups excluding carboxylic acids is 1. The topological polar surface area (TPSA) is 54.5 Å². The Morgan fingerprint density at radius 3 is 2.04 bits per heavy atom. The first-order valence-electron chi connectivity index (χ1n) is 9.64. The van der Waals surface area contributed by atoms with Gasteiger partial charge < -0.3 is 0 Å². The zero-order valence-electron chi connectivity index (χ0n) is 16.4. The van der Waals surface area contributed by atoms with Gasteiger partial charge >= 0.3 is 0 Å². The van der Waals surface area contributed by atoms with E-state index in [4.69, 9.17) is 0 Å². The first-order valence-corrected chi connectivity index (χ1v) is 11.1. The van der Waals surface area contributed by atoms with E-state index in [1.807, 2.05) is 26.0 Å². The summed E-state index contributed by atoms with van der Waals surface area (Å²) in [5.74, 6) is -0.390. The monoisotopic (exact) mass is 387 g/mol. The molecule has 2 rings (SSSR count). The summed E-state index contributed by atoms with van der Waals surface area (Å²) in [6.07, 6.45) is 4.84. The van der Waals surface area contributed by atoms with Gasteiger partial charge in [0.05, 0.1) is 10.6 Å². The third kappa shape index (κ3) is 5.42. The number of unbranched alkanes of at least 4 members (excludes halogenated alkanes) is 2. The van der Waals surface area contributed by atoms with Gasteiger partial charge in [-0.25, -0.2) is 12.7 Å².